The molecule has 26 heavy (non-hydrogen) atoms. The molecule has 0 spiro atoms. The molecule has 1 aromatic heterocycles. The van der Waals surface area contributed by atoms with Gasteiger partial charge >= 0.3 is 0 Å². The summed E-state index contributed by atoms with van der Waals surface area (Å²) in [6, 6.07) is 13.4. The van der Waals surface area contributed by atoms with Crippen LogP contribution in [0.1, 0.15) is 45.5 Å². The van der Waals surface area contributed by atoms with E-state index in [1.807, 2.05) is 30.3 Å². The van der Waals surface area contributed by atoms with Crippen molar-refractivity contribution in [3.63, 3.8) is 0 Å². The monoisotopic (exact) mass is 346 g/mol. The molecule has 0 bridgehead atoms. The third-order valence-electron chi connectivity index (χ3n) is 4.94. The molecule has 5 heteroatoms. The zero-order valence-electron chi connectivity index (χ0n) is 14.3. The first-order valence-corrected chi connectivity index (χ1v) is 8.55. The summed E-state index contributed by atoms with van der Waals surface area (Å²) in [6.07, 6.45) is 3.12. The van der Waals surface area contributed by atoms with Gasteiger partial charge in [-0.15, -0.1) is 0 Å². The number of carbonyl (C=O) groups is 3. The normalized spacial score (nSPS) is 18.5. The van der Waals surface area contributed by atoms with Gasteiger partial charge in [0, 0.05) is 39.8 Å². The third kappa shape index (κ3) is 2.81. The number of Topliss-reactive ketones (excluding diaryl/α,β-unsaturated/α-hetero) is 1. The highest BCUT2D eigenvalue weighted by Crippen LogP contribution is 2.48. The van der Waals surface area contributed by atoms with Crippen LogP contribution < -0.4 is 5.32 Å². The van der Waals surface area contributed by atoms with E-state index in [0.717, 1.165) is 12.7 Å². The standard InChI is InChI=1S/C21H18N2O3/c1-12(25)16-7-15(8-19-20(16)14(11-24)10-22-19)23-21(26)18-9-17(18)13-5-3-2-4-6-13/h2-8,10-11,17-18,22H,9H2,1H3,(H,23,26). The smallest absolute Gasteiger partial charge is 0.228 e. The van der Waals surface area contributed by atoms with E-state index in [9.17, 15) is 14.4 Å². The second-order valence-electron chi connectivity index (χ2n) is 6.71. The summed E-state index contributed by atoms with van der Waals surface area (Å²) in [5.41, 5.74) is 3.26. The second kappa shape index (κ2) is 6.26. The van der Waals surface area contributed by atoms with Crippen molar-refractivity contribution >= 4 is 34.6 Å². The number of ketones is 1. The number of H-pyrrole nitrogens is 1. The van der Waals surface area contributed by atoms with E-state index in [4.69, 9.17) is 0 Å². The van der Waals surface area contributed by atoms with E-state index < -0.39 is 0 Å². The zero-order chi connectivity index (χ0) is 18.3. The van der Waals surface area contributed by atoms with Crippen LogP contribution in [-0.2, 0) is 4.79 Å². The van der Waals surface area contributed by atoms with Crippen molar-refractivity contribution in [2.75, 3.05) is 5.32 Å². The van der Waals surface area contributed by atoms with E-state index in [1.54, 1.807) is 18.3 Å². The molecule has 1 saturated carbocycles. The molecule has 2 atom stereocenters. The number of hydrogen-bond donors (Lipinski definition) is 2. The van der Waals surface area contributed by atoms with Crippen LogP contribution in [0.15, 0.2) is 48.7 Å². The highest BCUT2D eigenvalue weighted by Gasteiger charge is 2.43. The molecular weight excluding hydrogens is 328 g/mol. The zero-order valence-corrected chi connectivity index (χ0v) is 14.3. The Morgan fingerprint density at radius 2 is 1.96 bits per heavy atom. The summed E-state index contributed by atoms with van der Waals surface area (Å²) in [6.45, 7) is 1.45. The molecule has 130 valence electrons. The minimum absolute atomic E-state index is 0.0464. The van der Waals surface area contributed by atoms with E-state index in [2.05, 4.69) is 10.3 Å². The van der Waals surface area contributed by atoms with Crippen LogP contribution in [0, 0.1) is 5.92 Å². The second-order valence-corrected chi connectivity index (χ2v) is 6.71. The van der Waals surface area contributed by atoms with Crippen molar-refractivity contribution in [2.45, 2.75) is 19.3 Å². The van der Waals surface area contributed by atoms with Gasteiger partial charge in [0.15, 0.2) is 12.1 Å². The summed E-state index contributed by atoms with van der Waals surface area (Å²) >= 11 is 0. The molecule has 2 aromatic carbocycles. The topological polar surface area (TPSA) is 79.0 Å². The average Bonchev–Trinajstić information content (AvgIpc) is 3.35. The summed E-state index contributed by atoms with van der Waals surface area (Å²) < 4.78 is 0. The van der Waals surface area contributed by atoms with Gasteiger partial charge in [0.25, 0.3) is 0 Å². The van der Waals surface area contributed by atoms with Crippen LogP contribution in [0.25, 0.3) is 10.9 Å². The first-order chi connectivity index (χ1) is 12.6. The molecular formula is C21H18N2O3. The maximum atomic E-state index is 12.6. The van der Waals surface area contributed by atoms with Crippen LogP contribution in [0.4, 0.5) is 5.69 Å². The highest BCUT2D eigenvalue weighted by molar-refractivity contribution is 6.13. The number of amides is 1. The minimum Gasteiger partial charge on any atom is -0.360 e. The Kier molecular flexibility index (Phi) is 3.92. The van der Waals surface area contributed by atoms with Gasteiger partial charge in [0.2, 0.25) is 5.91 Å². The molecule has 5 nitrogen and oxygen atoms in total. The predicted octanol–water partition coefficient (Wildman–Crippen LogP) is 3.93. The Balaban J connectivity index is 1.59. The Morgan fingerprint density at radius 3 is 2.65 bits per heavy atom. The number of carbonyl (C=O) groups excluding carboxylic acids is 3. The van der Waals surface area contributed by atoms with Gasteiger partial charge < -0.3 is 10.3 Å². The maximum absolute atomic E-state index is 12.6. The van der Waals surface area contributed by atoms with E-state index >= 15 is 0 Å². The van der Waals surface area contributed by atoms with Crippen LogP contribution in [-0.4, -0.2) is 23.0 Å². The molecule has 1 aliphatic carbocycles. The average molecular weight is 346 g/mol. The van der Waals surface area contributed by atoms with Crippen molar-refractivity contribution in [3.8, 4) is 0 Å². The van der Waals surface area contributed by atoms with E-state index in [1.165, 1.54) is 12.5 Å². The van der Waals surface area contributed by atoms with Crippen LogP contribution in [0.3, 0.4) is 0 Å². The minimum atomic E-state index is -0.151. The number of aromatic amines is 1. The Labute approximate surface area is 150 Å². The number of aldehydes is 1. The molecule has 4 rings (SSSR count). The fourth-order valence-electron chi connectivity index (χ4n) is 3.53. The number of nitrogens with one attached hydrogen (secondary N) is 2. The summed E-state index contributed by atoms with van der Waals surface area (Å²) in [4.78, 5) is 38.8. The van der Waals surface area contributed by atoms with Gasteiger partial charge in [-0.3, -0.25) is 14.4 Å². The molecule has 1 heterocycles. The van der Waals surface area contributed by atoms with Gasteiger partial charge in [-0.2, -0.15) is 0 Å². The van der Waals surface area contributed by atoms with Crippen LogP contribution in [0.2, 0.25) is 0 Å². The van der Waals surface area contributed by atoms with Crippen LogP contribution >= 0.6 is 0 Å². The number of rotatable bonds is 5. The third-order valence-corrected chi connectivity index (χ3v) is 4.94. The van der Waals surface area contributed by atoms with Gasteiger partial charge in [0.1, 0.15) is 0 Å². The van der Waals surface area contributed by atoms with Gasteiger partial charge in [-0.1, -0.05) is 30.3 Å². The van der Waals surface area contributed by atoms with Gasteiger partial charge in [-0.25, -0.2) is 0 Å². The molecule has 1 aliphatic rings. The Bertz CT molecular complexity index is 1020. The van der Waals surface area contributed by atoms with E-state index in [-0.39, 0.29) is 23.5 Å². The van der Waals surface area contributed by atoms with Crippen molar-refractivity contribution in [3.05, 3.63) is 65.4 Å². The quantitative estimate of drug-likeness (QED) is 0.543. The lowest BCUT2D eigenvalue weighted by Crippen LogP contribution is -2.15. The fraction of sp³-hybridized carbons (Fsp3) is 0.190. The van der Waals surface area contributed by atoms with Crippen molar-refractivity contribution in [1.29, 1.82) is 0 Å². The van der Waals surface area contributed by atoms with Crippen molar-refractivity contribution in [2.24, 2.45) is 5.92 Å². The maximum Gasteiger partial charge on any atom is 0.228 e. The number of hydrogen-bond acceptors (Lipinski definition) is 3. The number of benzene rings is 2. The predicted molar refractivity (Wildman–Crippen MR) is 99.6 cm³/mol. The number of fused-ring (bicyclic) bond motifs is 1. The lowest BCUT2D eigenvalue weighted by molar-refractivity contribution is -0.117. The fourth-order valence-corrected chi connectivity index (χ4v) is 3.53. The van der Waals surface area contributed by atoms with Crippen molar-refractivity contribution in [1.82, 2.24) is 4.98 Å². The first kappa shape index (κ1) is 16.3. The first-order valence-electron chi connectivity index (χ1n) is 8.55. The molecule has 1 fully saturated rings. The number of anilines is 1. The lowest BCUT2D eigenvalue weighted by atomic mass is 10.0. The summed E-state index contributed by atoms with van der Waals surface area (Å²) in [5.74, 6) is -0.000305. The SMILES string of the molecule is CC(=O)c1cc(NC(=O)C2CC2c2ccccc2)cc2[nH]cc(C=O)c12. The lowest BCUT2D eigenvalue weighted by Gasteiger charge is -2.08. The van der Waals surface area contributed by atoms with Gasteiger partial charge in [-0.05, 0) is 37.0 Å². The largest absolute Gasteiger partial charge is 0.360 e. The van der Waals surface area contributed by atoms with Crippen molar-refractivity contribution < 1.29 is 14.4 Å². The molecule has 3 aromatic rings. The van der Waals surface area contributed by atoms with Crippen LogP contribution in [0.5, 0.6) is 0 Å². The molecule has 0 radical (unpaired) electrons. The van der Waals surface area contributed by atoms with E-state index in [0.29, 0.717) is 27.7 Å². The Morgan fingerprint density at radius 1 is 1.19 bits per heavy atom. The Hall–Kier alpha value is -3.21. The van der Waals surface area contributed by atoms with Gasteiger partial charge in [0.05, 0.1) is 0 Å². The molecule has 2 unspecified atom stereocenters. The highest BCUT2D eigenvalue weighted by atomic mass is 16.2. The number of aromatic nitrogens is 1. The molecule has 0 aliphatic heterocycles. The summed E-state index contributed by atoms with van der Waals surface area (Å²) in [7, 11) is 0. The molecule has 1 amide bonds. The summed E-state index contributed by atoms with van der Waals surface area (Å²) in [5, 5.41) is 3.52. The molecule has 0 saturated heterocycles. The molecule has 2 N–H and O–H groups in total.